The molecule has 0 N–H and O–H groups in total. The zero-order valence-corrected chi connectivity index (χ0v) is 19.7. The first-order chi connectivity index (χ1) is 16.7. The van der Waals surface area contributed by atoms with Crippen molar-refractivity contribution in [1.29, 1.82) is 5.26 Å². The van der Waals surface area contributed by atoms with Crippen LogP contribution in [0.3, 0.4) is 0 Å². The maximum Gasteiger partial charge on any atom is 0.303 e. The third-order valence-electron chi connectivity index (χ3n) is 5.29. The molecule has 0 spiro atoms. The van der Waals surface area contributed by atoms with Gasteiger partial charge in [-0.2, -0.15) is 5.26 Å². The molecule has 13 heteroatoms. The molecule has 0 unspecified atom stereocenters. The maximum absolute atomic E-state index is 13.4. The quantitative estimate of drug-likeness (QED) is 0.326. The van der Waals surface area contributed by atoms with E-state index in [-0.39, 0.29) is 23.0 Å². The number of nitriles is 1. The molecule has 182 valence electrons. The molecular weight excluding hydrogens is 480 g/mol. The smallest absolute Gasteiger partial charge is 0.303 e. The summed E-state index contributed by atoms with van der Waals surface area (Å²) in [6.45, 7) is 3.25. The molecule has 35 heavy (non-hydrogen) atoms. The number of esters is 3. The first kappa shape index (κ1) is 24.4. The summed E-state index contributed by atoms with van der Waals surface area (Å²) in [7, 11) is 0. The van der Waals surface area contributed by atoms with Crippen molar-refractivity contribution in [3.8, 4) is 17.3 Å². The van der Waals surface area contributed by atoms with Crippen LogP contribution in [0.5, 0.6) is 0 Å². The van der Waals surface area contributed by atoms with Crippen LogP contribution in [-0.4, -0.2) is 62.6 Å². The van der Waals surface area contributed by atoms with Crippen LogP contribution in [0.4, 0.5) is 0 Å². The topological polar surface area (TPSA) is 160 Å². The molecule has 2 aliphatic heterocycles. The van der Waals surface area contributed by atoms with E-state index in [1.165, 1.54) is 31.5 Å². The number of carbonyl (C=O) groups excluding carboxylic acids is 3. The Bertz CT molecular complexity index is 1270. The van der Waals surface area contributed by atoms with Gasteiger partial charge in [0.2, 0.25) is 0 Å². The summed E-state index contributed by atoms with van der Waals surface area (Å²) >= 11 is 1.09. The van der Waals surface area contributed by atoms with Crippen molar-refractivity contribution in [1.82, 2.24) is 14.5 Å². The molecule has 2 aromatic heterocycles. The van der Waals surface area contributed by atoms with Gasteiger partial charge in [-0.1, -0.05) is 11.8 Å². The van der Waals surface area contributed by atoms with Gasteiger partial charge in [0.15, 0.2) is 23.6 Å². The predicted molar refractivity (Wildman–Crippen MR) is 118 cm³/mol. The van der Waals surface area contributed by atoms with Gasteiger partial charge in [-0.05, 0) is 12.1 Å². The Morgan fingerprint density at radius 2 is 1.89 bits per heavy atom. The Morgan fingerprint density at radius 1 is 1.17 bits per heavy atom. The molecule has 0 amide bonds. The first-order valence-corrected chi connectivity index (χ1v) is 11.4. The van der Waals surface area contributed by atoms with E-state index in [1.807, 2.05) is 6.07 Å². The number of ether oxygens (including phenoxy) is 4. The van der Waals surface area contributed by atoms with Crippen LogP contribution >= 0.6 is 11.8 Å². The average molecular weight is 500 g/mol. The van der Waals surface area contributed by atoms with Crippen molar-refractivity contribution in [3.05, 3.63) is 40.4 Å². The third kappa shape index (κ3) is 4.75. The maximum atomic E-state index is 13.4. The van der Waals surface area contributed by atoms with E-state index in [0.717, 1.165) is 11.8 Å². The summed E-state index contributed by atoms with van der Waals surface area (Å²) in [4.78, 5) is 57.2. The molecule has 1 saturated heterocycles. The van der Waals surface area contributed by atoms with Gasteiger partial charge in [0.25, 0.3) is 5.56 Å². The minimum absolute atomic E-state index is 0.153. The number of nitrogens with zero attached hydrogens (tertiary/aromatic N) is 4. The SMILES string of the molecule is CC(=O)OC[C@H]1O[C@@H]2[C@@H](Sc3nc(-c4cccnc4)c(C#N)c(=O)n32)[C@@H](OC(C)=O)[C@@H]1OC(C)=O. The molecule has 4 heterocycles. The Morgan fingerprint density at radius 3 is 2.49 bits per heavy atom. The number of aromatic nitrogens is 3. The minimum Gasteiger partial charge on any atom is -0.463 e. The highest BCUT2D eigenvalue weighted by atomic mass is 32.2. The highest BCUT2D eigenvalue weighted by Crippen LogP contribution is 2.47. The second kappa shape index (κ2) is 9.85. The lowest BCUT2D eigenvalue weighted by atomic mass is 9.99. The number of hydrogen-bond donors (Lipinski definition) is 0. The van der Waals surface area contributed by atoms with Crippen LogP contribution in [0.25, 0.3) is 11.3 Å². The van der Waals surface area contributed by atoms with E-state index in [9.17, 15) is 24.4 Å². The van der Waals surface area contributed by atoms with Crippen molar-refractivity contribution >= 4 is 29.7 Å². The summed E-state index contributed by atoms with van der Waals surface area (Å²) in [6, 6.07) is 5.23. The predicted octanol–water partition coefficient (Wildman–Crippen LogP) is 0.975. The van der Waals surface area contributed by atoms with Crippen molar-refractivity contribution in [2.45, 2.75) is 55.7 Å². The molecule has 0 radical (unpaired) electrons. The van der Waals surface area contributed by atoms with Crippen LogP contribution in [0.15, 0.2) is 34.5 Å². The fraction of sp³-hybridized carbons (Fsp3) is 0.409. The Kier molecular flexibility index (Phi) is 6.86. The molecule has 2 aromatic rings. The van der Waals surface area contributed by atoms with Crippen LogP contribution in [0.1, 0.15) is 32.6 Å². The number of fused-ring (bicyclic) bond motifs is 3. The number of carbonyl (C=O) groups is 3. The Hall–Kier alpha value is -3.76. The summed E-state index contributed by atoms with van der Waals surface area (Å²) in [5.74, 6) is -1.91. The molecule has 0 aliphatic carbocycles. The standard InChI is InChI=1S/C22H20N4O8S/c1-10(27)31-9-15-17(32-11(2)28)18(33-12(3)29)19-21(34-15)26-20(30)14(7-23)16(25-22(26)35-19)13-5-4-6-24-8-13/h4-6,8,15,17-19,21H,9H2,1-3H3/t15-,17-,18+,19+,21-/m1/s1. The van der Waals surface area contributed by atoms with Crippen LogP contribution in [-0.2, 0) is 33.3 Å². The van der Waals surface area contributed by atoms with Gasteiger partial charge in [0, 0.05) is 38.7 Å². The van der Waals surface area contributed by atoms with E-state index in [0.29, 0.717) is 5.56 Å². The Labute approximate surface area is 203 Å². The fourth-order valence-electron chi connectivity index (χ4n) is 3.98. The summed E-state index contributed by atoms with van der Waals surface area (Å²) in [5.41, 5.74) is -0.243. The van der Waals surface area contributed by atoms with Crippen molar-refractivity contribution < 1.29 is 33.3 Å². The van der Waals surface area contributed by atoms with E-state index in [1.54, 1.807) is 18.3 Å². The number of rotatable bonds is 5. The van der Waals surface area contributed by atoms with E-state index >= 15 is 0 Å². The number of thioether (sulfide) groups is 1. The molecule has 0 aromatic carbocycles. The molecule has 2 aliphatic rings. The van der Waals surface area contributed by atoms with Gasteiger partial charge in [0.05, 0.1) is 10.9 Å². The fourth-order valence-corrected chi connectivity index (χ4v) is 5.31. The highest BCUT2D eigenvalue weighted by molar-refractivity contribution is 8.00. The lowest BCUT2D eigenvalue weighted by Crippen LogP contribution is -2.58. The number of pyridine rings is 1. The van der Waals surface area contributed by atoms with Gasteiger partial charge >= 0.3 is 17.9 Å². The minimum atomic E-state index is -1.12. The van der Waals surface area contributed by atoms with Crippen molar-refractivity contribution in [2.24, 2.45) is 0 Å². The second-order valence-corrected chi connectivity index (χ2v) is 8.89. The Balaban J connectivity index is 1.82. The molecular formula is C22H20N4O8S. The average Bonchev–Trinajstić information content (AvgIpc) is 3.17. The van der Waals surface area contributed by atoms with E-state index in [4.69, 9.17) is 18.9 Å². The lowest BCUT2D eigenvalue weighted by molar-refractivity contribution is -0.223. The molecule has 12 nitrogen and oxygen atoms in total. The van der Waals surface area contributed by atoms with Crippen LogP contribution < -0.4 is 5.56 Å². The van der Waals surface area contributed by atoms with Crippen molar-refractivity contribution in [3.63, 3.8) is 0 Å². The molecule has 5 atom stereocenters. The van der Waals surface area contributed by atoms with Gasteiger partial charge in [-0.25, -0.2) is 4.98 Å². The van der Waals surface area contributed by atoms with Crippen molar-refractivity contribution in [2.75, 3.05) is 6.61 Å². The monoisotopic (exact) mass is 500 g/mol. The van der Waals surface area contributed by atoms with E-state index in [2.05, 4.69) is 9.97 Å². The largest absolute Gasteiger partial charge is 0.463 e. The van der Waals surface area contributed by atoms with Gasteiger partial charge in [-0.3, -0.25) is 28.7 Å². The van der Waals surface area contributed by atoms with E-state index < -0.39 is 53.3 Å². The van der Waals surface area contributed by atoms with Crippen LogP contribution in [0.2, 0.25) is 0 Å². The second-order valence-electron chi connectivity index (χ2n) is 7.74. The zero-order valence-electron chi connectivity index (χ0n) is 18.9. The van der Waals surface area contributed by atoms with Gasteiger partial charge < -0.3 is 18.9 Å². The summed E-state index contributed by atoms with van der Waals surface area (Å²) < 4.78 is 23.3. The summed E-state index contributed by atoms with van der Waals surface area (Å²) in [6.07, 6.45) is -1.25. The lowest BCUT2D eigenvalue weighted by Gasteiger charge is -2.42. The molecule has 0 saturated carbocycles. The van der Waals surface area contributed by atoms with Gasteiger partial charge in [-0.15, -0.1) is 0 Å². The zero-order chi connectivity index (χ0) is 25.3. The van der Waals surface area contributed by atoms with Gasteiger partial charge in [0.1, 0.15) is 24.3 Å². The normalized spacial score (nSPS) is 24.5. The number of hydrogen-bond acceptors (Lipinski definition) is 12. The van der Waals surface area contributed by atoms with Crippen LogP contribution in [0, 0.1) is 11.3 Å². The molecule has 1 fully saturated rings. The third-order valence-corrected chi connectivity index (χ3v) is 6.56. The first-order valence-electron chi connectivity index (χ1n) is 10.5. The molecule has 0 bridgehead atoms. The molecule has 4 rings (SSSR count). The summed E-state index contributed by atoms with van der Waals surface area (Å²) in [5, 5.41) is 9.22. The highest BCUT2D eigenvalue weighted by Gasteiger charge is 2.55.